The summed E-state index contributed by atoms with van der Waals surface area (Å²) in [6.07, 6.45) is 5.31. The van der Waals surface area contributed by atoms with Gasteiger partial charge in [-0.2, -0.15) is 4.98 Å². The van der Waals surface area contributed by atoms with E-state index in [1.807, 2.05) is 0 Å². The van der Waals surface area contributed by atoms with E-state index in [2.05, 4.69) is 24.0 Å². The van der Waals surface area contributed by atoms with E-state index in [1.165, 1.54) is 19.3 Å². The van der Waals surface area contributed by atoms with Gasteiger partial charge >= 0.3 is 0 Å². The Bertz CT molecular complexity index is 337. The molecule has 0 aromatic carbocycles. The Hall–Kier alpha value is -0.900. The van der Waals surface area contributed by atoms with Gasteiger partial charge in [0.2, 0.25) is 5.89 Å². The second-order valence-corrected chi connectivity index (χ2v) is 5.03. The van der Waals surface area contributed by atoms with E-state index in [-0.39, 0.29) is 6.04 Å². The third kappa shape index (κ3) is 2.61. The van der Waals surface area contributed by atoms with E-state index in [0.717, 1.165) is 18.2 Å². The molecular weight excluding hydrogens is 202 g/mol. The van der Waals surface area contributed by atoms with Gasteiger partial charge in [0.25, 0.3) is 0 Å². The summed E-state index contributed by atoms with van der Waals surface area (Å²) in [5.74, 6) is 2.89. The molecular formula is C12H21N3O. The van der Waals surface area contributed by atoms with Gasteiger partial charge in [0.05, 0.1) is 0 Å². The zero-order valence-electron chi connectivity index (χ0n) is 10.1. The van der Waals surface area contributed by atoms with Crippen molar-refractivity contribution in [1.29, 1.82) is 0 Å². The maximum Gasteiger partial charge on any atom is 0.228 e. The Morgan fingerprint density at radius 3 is 2.94 bits per heavy atom. The maximum absolute atomic E-state index is 5.86. The molecule has 0 amide bonds. The number of aromatic nitrogens is 2. The van der Waals surface area contributed by atoms with Crippen LogP contribution in [0.3, 0.4) is 0 Å². The van der Waals surface area contributed by atoms with Crippen LogP contribution in [-0.4, -0.2) is 16.2 Å². The highest BCUT2D eigenvalue weighted by Crippen LogP contribution is 2.36. The minimum absolute atomic E-state index is 0.135. The molecule has 2 N–H and O–H groups in total. The Labute approximate surface area is 96.6 Å². The monoisotopic (exact) mass is 223 g/mol. The molecule has 4 heteroatoms. The highest BCUT2D eigenvalue weighted by molar-refractivity contribution is 4.99. The zero-order chi connectivity index (χ0) is 11.5. The van der Waals surface area contributed by atoms with Crippen LogP contribution < -0.4 is 5.73 Å². The molecule has 1 saturated carbocycles. The van der Waals surface area contributed by atoms with Crippen molar-refractivity contribution in [2.24, 2.45) is 11.7 Å². The van der Waals surface area contributed by atoms with Crippen LogP contribution in [0.25, 0.3) is 0 Å². The Balaban J connectivity index is 1.97. The maximum atomic E-state index is 5.86. The number of hydrogen-bond donors (Lipinski definition) is 1. The summed E-state index contributed by atoms with van der Waals surface area (Å²) in [7, 11) is 0. The van der Waals surface area contributed by atoms with Crippen LogP contribution in [0.5, 0.6) is 0 Å². The van der Waals surface area contributed by atoms with Gasteiger partial charge in [-0.15, -0.1) is 0 Å². The summed E-state index contributed by atoms with van der Waals surface area (Å²) in [6, 6.07) is 0.135. The highest BCUT2D eigenvalue weighted by atomic mass is 16.5. The van der Waals surface area contributed by atoms with Crippen molar-refractivity contribution in [3.05, 3.63) is 11.7 Å². The fourth-order valence-corrected chi connectivity index (χ4v) is 2.33. The predicted molar refractivity (Wildman–Crippen MR) is 62.0 cm³/mol. The standard InChI is InChI=1S/C12H21N3O/c1-3-10(13)7-11-14-12(15-16-11)9-5-4-8(2)6-9/h8-10H,3-7,13H2,1-2H3. The van der Waals surface area contributed by atoms with Gasteiger partial charge in [-0.25, -0.2) is 0 Å². The summed E-state index contributed by atoms with van der Waals surface area (Å²) < 4.78 is 5.24. The molecule has 0 spiro atoms. The smallest absolute Gasteiger partial charge is 0.228 e. The molecule has 2 rings (SSSR count). The fourth-order valence-electron chi connectivity index (χ4n) is 2.33. The summed E-state index contributed by atoms with van der Waals surface area (Å²) in [4.78, 5) is 4.46. The van der Waals surface area contributed by atoms with E-state index in [9.17, 15) is 0 Å². The average Bonchev–Trinajstić information content (AvgIpc) is 2.87. The normalized spacial score (nSPS) is 27.2. The highest BCUT2D eigenvalue weighted by Gasteiger charge is 2.26. The number of hydrogen-bond acceptors (Lipinski definition) is 4. The Morgan fingerprint density at radius 1 is 1.50 bits per heavy atom. The molecule has 1 aliphatic carbocycles. The molecule has 1 aliphatic rings. The molecule has 0 saturated heterocycles. The average molecular weight is 223 g/mol. The lowest BCUT2D eigenvalue weighted by Crippen LogP contribution is -2.21. The molecule has 0 radical (unpaired) electrons. The first-order valence-corrected chi connectivity index (χ1v) is 6.27. The SMILES string of the molecule is CCC(N)Cc1nc(C2CCC(C)C2)no1. The van der Waals surface area contributed by atoms with Crippen LogP contribution in [0.2, 0.25) is 0 Å². The number of nitrogens with zero attached hydrogens (tertiary/aromatic N) is 2. The van der Waals surface area contributed by atoms with Crippen LogP contribution in [0.1, 0.15) is 57.2 Å². The topological polar surface area (TPSA) is 64.9 Å². The third-order valence-electron chi connectivity index (χ3n) is 3.50. The summed E-state index contributed by atoms with van der Waals surface area (Å²) >= 11 is 0. The molecule has 1 heterocycles. The lowest BCUT2D eigenvalue weighted by atomic mass is 10.1. The van der Waals surface area contributed by atoms with Crippen molar-refractivity contribution in [3.63, 3.8) is 0 Å². The van der Waals surface area contributed by atoms with Crippen molar-refractivity contribution >= 4 is 0 Å². The zero-order valence-corrected chi connectivity index (χ0v) is 10.1. The van der Waals surface area contributed by atoms with Gasteiger partial charge in [-0.1, -0.05) is 19.0 Å². The molecule has 0 bridgehead atoms. The van der Waals surface area contributed by atoms with E-state index >= 15 is 0 Å². The van der Waals surface area contributed by atoms with Gasteiger partial charge in [0.1, 0.15) is 0 Å². The molecule has 3 unspecified atom stereocenters. The largest absolute Gasteiger partial charge is 0.339 e. The fraction of sp³-hybridized carbons (Fsp3) is 0.833. The van der Waals surface area contributed by atoms with Crippen molar-refractivity contribution in [2.75, 3.05) is 0 Å². The lowest BCUT2D eigenvalue weighted by molar-refractivity contribution is 0.359. The first kappa shape index (κ1) is 11.6. The second-order valence-electron chi connectivity index (χ2n) is 5.03. The molecule has 0 aliphatic heterocycles. The summed E-state index contributed by atoms with van der Waals surface area (Å²) in [5.41, 5.74) is 5.86. The van der Waals surface area contributed by atoms with Gasteiger partial charge in [-0.05, 0) is 31.6 Å². The molecule has 1 aromatic rings. The van der Waals surface area contributed by atoms with Crippen LogP contribution in [0.15, 0.2) is 4.52 Å². The van der Waals surface area contributed by atoms with E-state index in [4.69, 9.17) is 10.3 Å². The quantitative estimate of drug-likeness (QED) is 0.850. The number of rotatable bonds is 4. The first-order chi connectivity index (χ1) is 7.69. The van der Waals surface area contributed by atoms with Gasteiger partial charge < -0.3 is 10.3 Å². The predicted octanol–water partition coefficient (Wildman–Crippen LogP) is 2.25. The van der Waals surface area contributed by atoms with Crippen molar-refractivity contribution in [1.82, 2.24) is 10.1 Å². The second kappa shape index (κ2) is 4.95. The van der Waals surface area contributed by atoms with Crippen LogP contribution in [0.4, 0.5) is 0 Å². The van der Waals surface area contributed by atoms with Crippen molar-refractivity contribution in [3.8, 4) is 0 Å². The molecule has 4 nitrogen and oxygen atoms in total. The van der Waals surface area contributed by atoms with Crippen molar-refractivity contribution in [2.45, 2.75) is 57.9 Å². The number of nitrogens with two attached hydrogens (primary N) is 1. The molecule has 1 fully saturated rings. The van der Waals surface area contributed by atoms with Crippen LogP contribution in [-0.2, 0) is 6.42 Å². The molecule has 3 atom stereocenters. The van der Waals surface area contributed by atoms with E-state index < -0.39 is 0 Å². The minimum atomic E-state index is 0.135. The van der Waals surface area contributed by atoms with Gasteiger partial charge in [0.15, 0.2) is 5.82 Å². The first-order valence-electron chi connectivity index (χ1n) is 6.27. The van der Waals surface area contributed by atoms with Crippen molar-refractivity contribution < 1.29 is 4.52 Å². The minimum Gasteiger partial charge on any atom is -0.339 e. The van der Waals surface area contributed by atoms with Gasteiger partial charge in [-0.3, -0.25) is 0 Å². The summed E-state index contributed by atoms with van der Waals surface area (Å²) in [5, 5.41) is 4.08. The lowest BCUT2D eigenvalue weighted by Gasteiger charge is -2.03. The van der Waals surface area contributed by atoms with Crippen LogP contribution in [0, 0.1) is 5.92 Å². The van der Waals surface area contributed by atoms with E-state index in [1.54, 1.807) is 0 Å². The third-order valence-corrected chi connectivity index (χ3v) is 3.50. The Morgan fingerprint density at radius 2 is 2.31 bits per heavy atom. The Kier molecular flexibility index (Phi) is 3.59. The molecule has 16 heavy (non-hydrogen) atoms. The molecule has 90 valence electrons. The molecule has 1 aromatic heterocycles. The summed E-state index contributed by atoms with van der Waals surface area (Å²) in [6.45, 7) is 4.36. The van der Waals surface area contributed by atoms with Gasteiger partial charge in [0, 0.05) is 18.4 Å². The van der Waals surface area contributed by atoms with E-state index in [0.29, 0.717) is 18.2 Å². The van der Waals surface area contributed by atoms with Crippen LogP contribution >= 0.6 is 0 Å².